The number of carboxylic acid groups (broad SMARTS) is 1. The number of carbonyl (C=O) groups is 2. The lowest BCUT2D eigenvalue weighted by atomic mass is 10.1. The first kappa shape index (κ1) is 17.5. The largest absolute Gasteiger partial charge is 0.480 e. The van der Waals surface area contributed by atoms with E-state index in [1.165, 1.54) is 9.75 Å². The number of carbonyl (C=O) groups excluding carboxylic acids is 1. The zero-order chi connectivity index (χ0) is 16.0. The highest BCUT2D eigenvalue weighted by atomic mass is 32.1. The number of nitrogens with one attached hydrogen (secondary N) is 2. The molecule has 1 rings (SSSR count). The molecule has 0 saturated heterocycles. The fourth-order valence-electron chi connectivity index (χ4n) is 2.22. The molecule has 1 unspecified atom stereocenters. The maximum absolute atomic E-state index is 11.9. The Kier molecular flexibility index (Phi) is 6.68. The van der Waals surface area contributed by atoms with Crippen molar-refractivity contribution >= 4 is 23.3 Å². The van der Waals surface area contributed by atoms with Crippen molar-refractivity contribution in [1.82, 2.24) is 10.6 Å². The third-order valence-corrected chi connectivity index (χ3v) is 4.32. The second-order valence-corrected chi connectivity index (χ2v) is 6.70. The smallest absolute Gasteiger partial charge is 0.326 e. The average molecular weight is 312 g/mol. The lowest BCUT2D eigenvalue weighted by molar-refractivity contribution is -0.139. The Balaban J connectivity index is 2.59. The number of aryl methyl sites for hydroxylation is 2. The predicted octanol–water partition coefficient (Wildman–Crippen LogP) is 3.37. The van der Waals surface area contributed by atoms with Crippen molar-refractivity contribution in [1.29, 1.82) is 0 Å². The molecule has 0 aliphatic rings. The Labute approximate surface area is 129 Å². The number of rotatable bonds is 7. The number of carboxylic acids is 1. The number of hydrogen-bond acceptors (Lipinski definition) is 3. The third kappa shape index (κ3) is 5.38. The minimum atomic E-state index is -0.992. The second-order valence-electron chi connectivity index (χ2n) is 5.24. The van der Waals surface area contributed by atoms with Crippen LogP contribution in [0.1, 0.15) is 54.5 Å². The van der Waals surface area contributed by atoms with Gasteiger partial charge < -0.3 is 15.7 Å². The number of aliphatic carboxylic acids is 1. The van der Waals surface area contributed by atoms with Gasteiger partial charge in [0.15, 0.2) is 0 Å². The summed E-state index contributed by atoms with van der Waals surface area (Å²) in [5.41, 5.74) is 1.08. The molecule has 0 bridgehead atoms. The summed E-state index contributed by atoms with van der Waals surface area (Å²) in [7, 11) is 0. The van der Waals surface area contributed by atoms with E-state index in [1.807, 2.05) is 27.7 Å². The highest BCUT2D eigenvalue weighted by molar-refractivity contribution is 7.12. The molecule has 1 aromatic rings. The Bertz CT molecular complexity index is 499. The van der Waals surface area contributed by atoms with Gasteiger partial charge in [0.2, 0.25) is 0 Å². The van der Waals surface area contributed by atoms with Crippen molar-refractivity contribution in [2.45, 2.75) is 59.0 Å². The van der Waals surface area contributed by atoms with Gasteiger partial charge in [-0.2, -0.15) is 0 Å². The number of unbranched alkanes of at least 4 members (excludes halogenated alkanes) is 1. The van der Waals surface area contributed by atoms with Gasteiger partial charge in [-0.1, -0.05) is 19.8 Å². The van der Waals surface area contributed by atoms with Crippen LogP contribution in [-0.4, -0.2) is 23.1 Å². The first-order valence-electron chi connectivity index (χ1n) is 7.21. The first-order valence-corrected chi connectivity index (χ1v) is 8.03. The van der Waals surface area contributed by atoms with E-state index < -0.39 is 18.0 Å². The van der Waals surface area contributed by atoms with Crippen molar-refractivity contribution in [2.24, 2.45) is 0 Å². The van der Waals surface area contributed by atoms with Crippen molar-refractivity contribution < 1.29 is 14.7 Å². The minimum absolute atomic E-state index is 0.143. The van der Waals surface area contributed by atoms with Crippen molar-refractivity contribution in [3.05, 3.63) is 21.4 Å². The summed E-state index contributed by atoms with van der Waals surface area (Å²) in [6.07, 6.45) is 2.12. The predicted molar refractivity (Wildman–Crippen MR) is 84.8 cm³/mol. The van der Waals surface area contributed by atoms with Crippen LogP contribution in [0, 0.1) is 13.8 Å². The van der Waals surface area contributed by atoms with Gasteiger partial charge >= 0.3 is 12.0 Å². The number of amides is 2. The average Bonchev–Trinajstić information content (AvgIpc) is 2.73. The lowest BCUT2D eigenvalue weighted by Gasteiger charge is -2.18. The Morgan fingerprint density at radius 3 is 2.48 bits per heavy atom. The number of urea groups is 1. The quantitative estimate of drug-likeness (QED) is 0.722. The molecule has 118 valence electrons. The van der Waals surface area contributed by atoms with Gasteiger partial charge in [-0.3, -0.25) is 0 Å². The summed E-state index contributed by atoms with van der Waals surface area (Å²) < 4.78 is 0. The summed E-state index contributed by atoms with van der Waals surface area (Å²) in [6, 6.07) is 0.642. The van der Waals surface area contributed by atoms with Gasteiger partial charge in [0, 0.05) is 9.75 Å². The molecule has 1 heterocycles. The Morgan fingerprint density at radius 1 is 1.33 bits per heavy atom. The first-order chi connectivity index (χ1) is 9.85. The van der Waals surface area contributed by atoms with Crippen LogP contribution in [-0.2, 0) is 4.79 Å². The van der Waals surface area contributed by atoms with E-state index >= 15 is 0 Å². The molecule has 1 aromatic heterocycles. The van der Waals surface area contributed by atoms with Crippen LogP contribution in [0.25, 0.3) is 0 Å². The van der Waals surface area contributed by atoms with Crippen LogP contribution in [0.4, 0.5) is 4.79 Å². The van der Waals surface area contributed by atoms with E-state index in [0.717, 1.165) is 18.4 Å². The molecule has 0 spiro atoms. The van der Waals surface area contributed by atoms with E-state index in [9.17, 15) is 9.59 Å². The zero-order valence-electron chi connectivity index (χ0n) is 13.0. The molecule has 2 atom stereocenters. The Morgan fingerprint density at radius 2 is 2.00 bits per heavy atom. The molecular weight excluding hydrogens is 288 g/mol. The Hall–Kier alpha value is -1.56. The summed E-state index contributed by atoms with van der Waals surface area (Å²) in [5, 5.41) is 14.4. The molecule has 0 aliphatic heterocycles. The molecule has 0 saturated carbocycles. The summed E-state index contributed by atoms with van der Waals surface area (Å²) in [5.74, 6) is -0.992. The summed E-state index contributed by atoms with van der Waals surface area (Å²) in [6.45, 7) is 7.93. The van der Waals surface area contributed by atoms with E-state index in [-0.39, 0.29) is 6.04 Å². The minimum Gasteiger partial charge on any atom is -0.480 e. The third-order valence-electron chi connectivity index (χ3n) is 3.34. The van der Waals surface area contributed by atoms with Gasteiger partial charge in [-0.25, -0.2) is 9.59 Å². The van der Waals surface area contributed by atoms with Gasteiger partial charge in [-0.05, 0) is 38.8 Å². The normalized spacial score (nSPS) is 13.5. The number of thiophene rings is 1. The van der Waals surface area contributed by atoms with E-state index in [2.05, 4.69) is 16.7 Å². The molecule has 0 radical (unpaired) electrons. The van der Waals surface area contributed by atoms with Crippen LogP contribution in [0.2, 0.25) is 0 Å². The van der Waals surface area contributed by atoms with Gasteiger partial charge in [0.25, 0.3) is 0 Å². The van der Waals surface area contributed by atoms with E-state index in [1.54, 1.807) is 11.3 Å². The van der Waals surface area contributed by atoms with Crippen LogP contribution >= 0.6 is 11.3 Å². The molecule has 0 aliphatic carbocycles. The second kappa shape index (κ2) is 8.02. The topological polar surface area (TPSA) is 78.4 Å². The molecule has 2 amide bonds. The molecule has 0 fully saturated rings. The van der Waals surface area contributed by atoms with E-state index in [4.69, 9.17) is 5.11 Å². The highest BCUT2D eigenvalue weighted by Gasteiger charge is 2.21. The van der Waals surface area contributed by atoms with Gasteiger partial charge in [-0.15, -0.1) is 11.3 Å². The molecule has 5 nitrogen and oxygen atoms in total. The SMILES string of the molecule is CCCC[C@H](NC(=O)NC(C)c1cc(C)sc1C)C(=O)O. The van der Waals surface area contributed by atoms with Crippen LogP contribution < -0.4 is 10.6 Å². The van der Waals surface area contributed by atoms with Crippen LogP contribution in [0.3, 0.4) is 0 Å². The maximum atomic E-state index is 11.9. The van der Waals surface area contributed by atoms with E-state index in [0.29, 0.717) is 6.42 Å². The zero-order valence-corrected chi connectivity index (χ0v) is 13.8. The van der Waals surface area contributed by atoms with Crippen molar-refractivity contribution in [2.75, 3.05) is 0 Å². The summed E-state index contributed by atoms with van der Waals surface area (Å²) in [4.78, 5) is 25.4. The number of hydrogen-bond donors (Lipinski definition) is 3. The van der Waals surface area contributed by atoms with Gasteiger partial charge in [0.1, 0.15) is 6.04 Å². The van der Waals surface area contributed by atoms with Crippen LogP contribution in [0.15, 0.2) is 6.07 Å². The lowest BCUT2D eigenvalue weighted by Crippen LogP contribution is -2.46. The monoisotopic (exact) mass is 312 g/mol. The van der Waals surface area contributed by atoms with Crippen molar-refractivity contribution in [3.63, 3.8) is 0 Å². The molecule has 0 aromatic carbocycles. The maximum Gasteiger partial charge on any atom is 0.326 e. The fraction of sp³-hybridized carbons (Fsp3) is 0.600. The molecule has 6 heteroatoms. The fourth-order valence-corrected chi connectivity index (χ4v) is 3.24. The standard InChI is InChI=1S/C15H24N2O3S/c1-5-6-7-13(14(18)19)17-15(20)16-10(3)12-8-9(2)21-11(12)4/h8,10,13H,5-7H2,1-4H3,(H,18,19)(H2,16,17,20)/t10?,13-/m0/s1. The molecule has 3 N–H and O–H groups in total. The van der Waals surface area contributed by atoms with Crippen molar-refractivity contribution in [3.8, 4) is 0 Å². The molecule has 21 heavy (non-hydrogen) atoms. The van der Waals surface area contributed by atoms with Gasteiger partial charge in [0.05, 0.1) is 6.04 Å². The molecular formula is C15H24N2O3S. The summed E-state index contributed by atoms with van der Waals surface area (Å²) >= 11 is 1.69. The van der Waals surface area contributed by atoms with Crippen LogP contribution in [0.5, 0.6) is 0 Å². The highest BCUT2D eigenvalue weighted by Crippen LogP contribution is 2.25.